The second kappa shape index (κ2) is 6.55. The summed E-state index contributed by atoms with van der Waals surface area (Å²) in [7, 11) is 0. The molecule has 0 unspecified atom stereocenters. The molecular weight excluding hydrogens is 316 g/mol. The lowest BCUT2D eigenvalue weighted by Gasteiger charge is -2.18. The third-order valence-corrected chi connectivity index (χ3v) is 3.88. The van der Waals surface area contributed by atoms with Gasteiger partial charge in [0.15, 0.2) is 5.76 Å². The van der Waals surface area contributed by atoms with E-state index in [1.807, 2.05) is 64.1 Å². The minimum Gasteiger partial charge on any atom is -0.359 e. The van der Waals surface area contributed by atoms with Gasteiger partial charge in [-0.3, -0.25) is 9.48 Å². The van der Waals surface area contributed by atoms with E-state index in [1.54, 1.807) is 10.9 Å². The molecule has 3 aromatic rings. The molecule has 2 aromatic heterocycles. The van der Waals surface area contributed by atoms with Gasteiger partial charge in [-0.05, 0) is 27.7 Å². The maximum atomic E-state index is 12.4. The fraction of sp³-hybridized carbons (Fsp3) is 0.316. The lowest BCUT2D eigenvalue weighted by Crippen LogP contribution is -2.24. The van der Waals surface area contributed by atoms with Crippen LogP contribution in [-0.4, -0.2) is 20.8 Å². The highest BCUT2D eigenvalue weighted by Gasteiger charge is 2.20. The standard InChI is InChI=1S/C19H22N4O2/c1-13-16(12-23(21-13)19(2,3)4)18(24)20-11-15-10-17(22-25-15)14-8-6-5-7-9-14/h5-10,12H,11H2,1-4H3,(H,20,24). The van der Waals surface area contributed by atoms with E-state index < -0.39 is 0 Å². The van der Waals surface area contributed by atoms with Gasteiger partial charge in [0, 0.05) is 17.8 Å². The summed E-state index contributed by atoms with van der Waals surface area (Å²) in [5, 5.41) is 11.3. The highest BCUT2D eigenvalue weighted by molar-refractivity contribution is 5.94. The summed E-state index contributed by atoms with van der Waals surface area (Å²) in [6.07, 6.45) is 1.78. The predicted molar refractivity (Wildman–Crippen MR) is 95.1 cm³/mol. The van der Waals surface area contributed by atoms with Crippen LogP contribution in [0.15, 0.2) is 47.1 Å². The van der Waals surface area contributed by atoms with E-state index in [0.717, 1.165) is 11.3 Å². The second-order valence-corrected chi connectivity index (χ2v) is 6.97. The van der Waals surface area contributed by atoms with E-state index in [4.69, 9.17) is 4.52 Å². The maximum absolute atomic E-state index is 12.4. The van der Waals surface area contributed by atoms with Gasteiger partial charge in [0.25, 0.3) is 5.91 Å². The molecule has 6 nitrogen and oxygen atoms in total. The molecule has 1 amide bonds. The highest BCUT2D eigenvalue weighted by Crippen LogP contribution is 2.19. The van der Waals surface area contributed by atoms with E-state index >= 15 is 0 Å². The number of nitrogens with one attached hydrogen (secondary N) is 1. The number of carbonyl (C=O) groups excluding carboxylic acids is 1. The van der Waals surface area contributed by atoms with Crippen LogP contribution in [0.5, 0.6) is 0 Å². The van der Waals surface area contributed by atoms with Crippen molar-refractivity contribution >= 4 is 5.91 Å². The molecule has 1 N–H and O–H groups in total. The topological polar surface area (TPSA) is 73.0 Å². The fourth-order valence-corrected chi connectivity index (χ4v) is 2.43. The summed E-state index contributed by atoms with van der Waals surface area (Å²) in [5.41, 5.74) is 2.83. The molecule has 3 rings (SSSR count). The molecule has 0 saturated carbocycles. The Morgan fingerprint density at radius 1 is 1.24 bits per heavy atom. The number of aromatic nitrogens is 3. The normalized spacial score (nSPS) is 11.5. The summed E-state index contributed by atoms with van der Waals surface area (Å²) >= 11 is 0. The number of hydrogen-bond donors (Lipinski definition) is 1. The fourth-order valence-electron chi connectivity index (χ4n) is 2.43. The first-order valence-electron chi connectivity index (χ1n) is 8.20. The van der Waals surface area contributed by atoms with E-state index in [9.17, 15) is 4.79 Å². The van der Waals surface area contributed by atoms with Crippen molar-refractivity contribution < 1.29 is 9.32 Å². The molecule has 0 fully saturated rings. The van der Waals surface area contributed by atoms with Crippen LogP contribution in [0, 0.1) is 6.92 Å². The first-order valence-corrected chi connectivity index (χ1v) is 8.20. The van der Waals surface area contributed by atoms with Gasteiger partial charge in [0.1, 0.15) is 5.69 Å². The Kier molecular flexibility index (Phi) is 4.44. The number of aryl methyl sites for hydroxylation is 1. The van der Waals surface area contributed by atoms with Crippen LogP contribution in [0.1, 0.15) is 42.6 Å². The Hall–Kier alpha value is -2.89. The zero-order valence-corrected chi connectivity index (χ0v) is 14.9. The third kappa shape index (κ3) is 3.79. The largest absolute Gasteiger partial charge is 0.359 e. The molecule has 130 valence electrons. The zero-order valence-electron chi connectivity index (χ0n) is 14.9. The lowest BCUT2D eigenvalue weighted by atomic mass is 10.1. The van der Waals surface area contributed by atoms with Gasteiger partial charge in [-0.2, -0.15) is 5.10 Å². The average Bonchev–Trinajstić information content (AvgIpc) is 3.20. The summed E-state index contributed by atoms with van der Waals surface area (Å²) in [5.74, 6) is 0.429. The van der Waals surface area contributed by atoms with Crippen molar-refractivity contribution in [3.63, 3.8) is 0 Å². The number of benzene rings is 1. The van der Waals surface area contributed by atoms with Crippen molar-refractivity contribution in [2.45, 2.75) is 39.8 Å². The molecule has 0 bridgehead atoms. The lowest BCUT2D eigenvalue weighted by molar-refractivity contribution is 0.0946. The van der Waals surface area contributed by atoms with Crippen LogP contribution in [0.4, 0.5) is 0 Å². The first-order chi connectivity index (χ1) is 11.8. The van der Waals surface area contributed by atoms with Crippen LogP contribution < -0.4 is 5.32 Å². The number of rotatable bonds is 4. The quantitative estimate of drug-likeness (QED) is 0.790. The van der Waals surface area contributed by atoms with Gasteiger partial charge in [0.2, 0.25) is 0 Å². The SMILES string of the molecule is Cc1nn(C(C)(C)C)cc1C(=O)NCc1cc(-c2ccccc2)no1. The Morgan fingerprint density at radius 2 is 1.96 bits per heavy atom. The molecule has 6 heteroatoms. The molecule has 0 atom stereocenters. The van der Waals surface area contributed by atoms with Crippen molar-refractivity contribution in [1.29, 1.82) is 0 Å². The Balaban J connectivity index is 1.67. The van der Waals surface area contributed by atoms with Crippen LogP contribution in [0.2, 0.25) is 0 Å². The van der Waals surface area contributed by atoms with Gasteiger partial charge in [-0.15, -0.1) is 0 Å². The van der Waals surface area contributed by atoms with E-state index in [-0.39, 0.29) is 18.0 Å². The molecule has 0 radical (unpaired) electrons. The van der Waals surface area contributed by atoms with Crippen molar-refractivity contribution in [3.05, 3.63) is 59.6 Å². The van der Waals surface area contributed by atoms with Crippen LogP contribution in [0.25, 0.3) is 11.3 Å². The summed E-state index contributed by atoms with van der Waals surface area (Å²) in [6.45, 7) is 8.24. The van der Waals surface area contributed by atoms with Gasteiger partial charge >= 0.3 is 0 Å². The molecule has 0 saturated heterocycles. The summed E-state index contributed by atoms with van der Waals surface area (Å²) in [4.78, 5) is 12.4. The molecule has 0 aliphatic heterocycles. The molecular formula is C19H22N4O2. The minimum atomic E-state index is -0.175. The summed E-state index contributed by atoms with van der Waals surface area (Å²) in [6, 6.07) is 11.6. The van der Waals surface area contributed by atoms with Crippen molar-refractivity contribution in [3.8, 4) is 11.3 Å². The van der Waals surface area contributed by atoms with Crippen molar-refractivity contribution in [2.75, 3.05) is 0 Å². The minimum absolute atomic E-state index is 0.168. The van der Waals surface area contributed by atoms with Crippen molar-refractivity contribution in [2.24, 2.45) is 0 Å². The molecule has 0 spiro atoms. The number of amides is 1. The number of nitrogens with zero attached hydrogens (tertiary/aromatic N) is 3. The Bertz CT molecular complexity index is 872. The smallest absolute Gasteiger partial charge is 0.255 e. The van der Waals surface area contributed by atoms with Gasteiger partial charge in [-0.1, -0.05) is 35.5 Å². The molecule has 2 heterocycles. The van der Waals surface area contributed by atoms with Crippen LogP contribution in [0.3, 0.4) is 0 Å². The Morgan fingerprint density at radius 3 is 2.60 bits per heavy atom. The molecule has 1 aromatic carbocycles. The molecule has 25 heavy (non-hydrogen) atoms. The van der Waals surface area contributed by atoms with Gasteiger partial charge in [0.05, 0.1) is 23.3 Å². The zero-order chi connectivity index (χ0) is 18.0. The molecule has 0 aliphatic carbocycles. The van der Waals surface area contributed by atoms with E-state index in [2.05, 4.69) is 15.6 Å². The number of hydrogen-bond acceptors (Lipinski definition) is 4. The Labute approximate surface area is 146 Å². The first kappa shape index (κ1) is 17.0. The predicted octanol–water partition coefficient (Wildman–Crippen LogP) is 3.53. The monoisotopic (exact) mass is 338 g/mol. The van der Waals surface area contributed by atoms with Crippen molar-refractivity contribution in [1.82, 2.24) is 20.3 Å². The van der Waals surface area contributed by atoms with E-state index in [1.165, 1.54) is 0 Å². The van der Waals surface area contributed by atoms with Gasteiger partial charge < -0.3 is 9.84 Å². The molecule has 0 aliphatic rings. The van der Waals surface area contributed by atoms with E-state index in [0.29, 0.717) is 17.0 Å². The third-order valence-electron chi connectivity index (χ3n) is 3.88. The average molecular weight is 338 g/mol. The van der Waals surface area contributed by atoms with Gasteiger partial charge in [-0.25, -0.2) is 0 Å². The highest BCUT2D eigenvalue weighted by atomic mass is 16.5. The van der Waals surface area contributed by atoms with Crippen LogP contribution >= 0.6 is 0 Å². The maximum Gasteiger partial charge on any atom is 0.255 e. The second-order valence-electron chi connectivity index (χ2n) is 6.97. The number of carbonyl (C=O) groups is 1. The summed E-state index contributed by atoms with van der Waals surface area (Å²) < 4.78 is 7.11. The van der Waals surface area contributed by atoms with Crippen LogP contribution in [-0.2, 0) is 12.1 Å².